The summed E-state index contributed by atoms with van der Waals surface area (Å²) in [6, 6.07) is 12.9. The topological polar surface area (TPSA) is 84.5 Å². The number of anilines is 2. The molecule has 1 N–H and O–H groups in total. The van der Waals surface area contributed by atoms with E-state index in [0.29, 0.717) is 28.2 Å². The second kappa shape index (κ2) is 7.82. The highest BCUT2D eigenvalue weighted by molar-refractivity contribution is 5.90. The standard InChI is InChI=1S/C22H21FN6O2/c23-15-8-10-16(11-9-15)24-19(30)14-28-22(31)29-18-7-3-2-6-17(18)25-20(21(29)26-28)27-12-4-1-5-13-27/h2-3,6-11H,1,4-5,12-14H2,(H,24,30). The third kappa shape index (κ3) is 3.63. The lowest BCUT2D eigenvalue weighted by molar-refractivity contribution is -0.117. The number of hydrogen-bond acceptors (Lipinski definition) is 5. The summed E-state index contributed by atoms with van der Waals surface area (Å²) in [6.45, 7) is 1.45. The lowest BCUT2D eigenvalue weighted by Gasteiger charge is -2.27. The van der Waals surface area contributed by atoms with Gasteiger partial charge in [0.25, 0.3) is 0 Å². The predicted octanol–water partition coefficient (Wildman–Crippen LogP) is 2.81. The summed E-state index contributed by atoms with van der Waals surface area (Å²) in [7, 11) is 0. The zero-order valence-corrected chi connectivity index (χ0v) is 16.8. The Bertz CT molecular complexity index is 1320. The number of fused-ring (bicyclic) bond motifs is 3. The molecule has 1 aliphatic heterocycles. The van der Waals surface area contributed by atoms with Crippen LogP contribution in [-0.4, -0.2) is 38.2 Å². The van der Waals surface area contributed by atoms with E-state index >= 15 is 0 Å². The molecule has 8 nitrogen and oxygen atoms in total. The summed E-state index contributed by atoms with van der Waals surface area (Å²) >= 11 is 0. The van der Waals surface area contributed by atoms with E-state index in [2.05, 4.69) is 15.3 Å². The van der Waals surface area contributed by atoms with Crippen molar-refractivity contribution in [3.8, 4) is 0 Å². The van der Waals surface area contributed by atoms with Crippen LogP contribution < -0.4 is 15.9 Å². The lowest BCUT2D eigenvalue weighted by atomic mass is 10.1. The van der Waals surface area contributed by atoms with Crippen molar-refractivity contribution >= 4 is 34.1 Å². The smallest absolute Gasteiger partial charge is 0.351 e. The highest BCUT2D eigenvalue weighted by Gasteiger charge is 2.22. The second-order valence-electron chi connectivity index (χ2n) is 7.63. The van der Waals surface area contributed by atoms with Crippen molar-refractivity contribution in [2.24, 2.45) is 0 Å². The quantitative estimate of drug-likeness (QED) is 0.549. The van der Waals surface area contributed by atoms with E-state index in [4.69, 9.17) is 4.98 Å². The number of nitrogens with one attached hydrogen (secondary N) is 1. The molecule has 9 heteroatoms. The SMILES string of the molecule is O=C(Cn1nc2c(N3CCCCC3)nc3ccccc3n2c1=O)Nc1ccc(F)cc1. The fraction of sp³-hybridized carbons (Fsp3) is 0.273. The van der Waals surface area contributed by atoms with Crippen molar-refractivity contribution in [1.82, 2.24) is 19.2 Å². The van der Waals surface area contributed by atoms with Gasteiger partial charge >= 0.3 is 5.69 Å². The zero-order valence-electron chi connectivity index (χ0n) is 16.8. The molecule has 1 fully saturated rings. The molecular formula is C22H21FN6O2. The van der Waals surface area contributed by atoms with Gasteiger partial charge in [0.2, 0.25) is 11.6 Å². The number of benzene rings is 2. The summed E-state index contributed by atoms with van der Waals surface area (Å²) < 4.78 is 15.8. The Morgan fingerprint density at radius 2 is 1.77 bits per heavy atom. The minimum Gasteiger partial charge on any atom is -0.353 e. The lowest BCUT2D eigenvalue weighted by Crippen LogP contribution is -2.31. The minimum atomic E-state index is -0.422. The average Bonchev–Trinajstić information content (AvgIpc) is 3.11. The normalized spacial score (nSPS) is 14.3. The first kappa shape index (κ1) is 19.2. The van der Waals surface area contributed by atoms with Crippen molar-refractivity contribution in [2.75, 3.05) is 23.3 Å². The van der Waals surface area contributed by atoms with Crippen LogP contribution in [0.5, 0.6) is 0 Å². The van der Waals surface area contributed by atoms with Gasteiger partial charge in [-0.15, -0.1) is 5.10 Å². The summed E-state index contributed by atoms with van der Waals surface area (Å²) in [6.07, 6.45) is 3.29. The Balaban J connectivity index is 1.55. The van der Waals surface area contributed by atoms with Gasteiger partial charge in [-0.3, -0.25) is 4.79 Å². The van der Waals surface area contributed by atoms with Crippen molar-refractivity contribution in [3.05, 3.63) is 64.8 Å². The van der Waals surface area contributed by atoms with Crippen LogP contribution >= 0.6 is 0 Å². The molecule has 0 radical (unpaired) electrons. The van der Waals surface area contributed by atoms with Crippen molar-refractivity contribution in [2.45, 2.75) is 25.8 Å². The van der Waals surface area contributed by atoms with Crippen molar-refractivity contribution < 1.29 is 9.18 Å². The van der Waals surface area contributed by atoms with Crippen LogP contribution in [0.15, 0.2) is 53.3 Å². The third-order valence-electron chi connectivity index (χ3n) is 5.47. The van der Waals surface area contributed by atoms with E-state index in [1.807, 2.05) is 24.3 Å². The Labute approximate surface area is 176 Å². The number of aromatic nitrogens is 4. The highest BCUT2D eigenvalue weighted by Crippen LogP contribution is 2.25. The zero-order chi connectivity index (χ0) is 21.4. The Morgan fingerprint density at radius 3 is 2.55 bits per heavy atom. The molecule has 31 heavy (non-hydrogen) atoms. The average molecular weight is 420 g/mol. The van der Waals surface area contributed by atoms with Gasteiger partial charge in [-0.25, -0.2) is 23.3 Å². The minimum absolute atomic E-state index is 0.258. The van der Waals surface area contributed by atoms with Crippen molar-refractivity contribution in [1.29, 1.82) is 0 Å². The van der Waals surface area contributed by atoms with Crippen LogP contribution in [0.25, 0.3) is 16.7 Å². The van der Waals surface area contributed by atoms with Gasteiger partial charge in [0.1, 0.15) is 12.4 Å². The fourth-order valence-corrected chi connectivity index (χ4v) is 3.97. The molecule has 1 aliphatic rings. The number of piperidine rings is 1. The number of nitrogens with zero attached hydrogens (tertiary/aromatic N) is 5. The molecule has 0 unspecified atom stereocenters. The summed E-state index contributed by atoms with van der Waals surface area (Å²) in [5.41, 5.74) is 1.84. The second-order valence-corrected chi connectivity index (χ2v) is 7.63. The highest BCUT2D eigenvalue weighted by atomic mass is 19.1. The van der Waals surface area contributed by atoms with E-state index in [1.165, 1.54) is 35.1 Å². The molecule has 1 amide bonds. The van der Waals surface area contributed by atoms with Crippen molar-refractivity contribution in [3.63, 3.8) is 0 Å². The third-order valence-corrected chi connectivity index (χ3v) is 5.47. The molecule has 0 atom stereocenters. The maximum Gasteiger partial charge on any atom is 0.351 e. The molecule has 5 rings (SSSR count). The molecule has 0 aliphatic carbocycles. The van der Waals surface area contributed by atoms with Gasteiger partial charge in [-0.2, -0.15) is 0 Å². The van der Waals surface area contributed by atoms with E-state index in [1.54, 1.807) is 0 Å². The Hall–Kier alpha value is -3.75. The van der Waals surface area contributed by atoms with Gasteiger partial charge in [-0.1, -0.05) is 12.1 Å². The van der Waals surface area contributed by atoms with Gasteiger partial charge in [0, 0.05) is 18.8 Å². The van der Waals surface area contributed by atoms with Gasteiger partial charge in [-0.05, 0) is 55.7 Å². The molecule has 4 aromatic rings. The molecule has 158 valence electrons. The molecule has 2 aromatic heterocycles. The molecule has 0 saturated carbocycles. The first-order valence-corrected chi connectivity index (χ1v) is 10.3. The number of rotatable bonds is 4. The summed E-state index contributed by atoms with van der Waals surface area (Å²) in [5.74, 6) is -0.152. The van der Waals surface area contributed by atoms with E-state index in [9.17, 15) is 14.0 Å². The van der Waals surface area contributed by atoms with Gasteiger partial charge < -0.3 is 10.2 Å². The van der Waals surface area contributed by atoms with E-state index < -0.39 is 11.6 Å². The summed E-state index contributed by atoms with van der Waals surface area (Å²) in [5, 5.41) is 7.14. The number of amides is 1. The number of hydrogen-bond donors (Lipinski definition) is 1. The van der Waals surface area contributed by atoms with Crippen LogP contribution in [-0.2, 0) is 11.3 Å². The van der Waals surface area contributed by atoms with E-state index in [0.717, 1.165) is 30.6 Å². The predicted molar refractivity (Wildman–Crippen MR) is 116 cm³/mol. The molecular weight excluding hydrogens is 399 g/mol. The van der Waals surface area contributed by atoms with Gasteiger partial charge in [0.05, 0.1) is 11.0 Å². The number of halogens is 1. The van der Waals surface area contributed by atoms with Gasteiger partial charge in [0.15, 0.2) is 5.82 Å². The maximum atomic E-state index is 13.2. The molecule has 3 heterocycles. The van der Waals surface area contributed by atoms with Crippen LogP contribution in [0.2, 0.25) is 0 Å². The molecule has 2 aromatic carbocycles. The number of para-hydroxylation sites is 2. The van der Waals surface area contributed by atoms with Crippen LogP contribution in [0.1, 0.15) is 19.3 Å². The maximum absolute atomic E-state index is 13.2. The molecule has 1 saturated heterocycles. The fourth-order valence-electron chi connectivity index (χ4n) is 3.97. The summed E-state index contributed by atoms with van der Waals surface area (Å²) in [4.78, 5) is 32.6. The monoisotopic (exact) mass is 420 g/mol. The van der Waals surface area contributed by atoms with Crippen LogP contribution in [0.3, 0.4) is 0 Å². The number of carbonyl (C=O) groups excluding carboxylic acids is 1. The molecule has 0 spiro atoms. The van der Waals surface area contributed by atoms with E-state index in [-0.39, 0.29) is 12.4 Å². The Morgan fingerprint density at radius 1 is 1.03 bits per heavy atom. The number of carbonyl (C=O) groups is 1. The molecule has 0 bridgehead atoms. The first-order valence-electron chi connectivity index (χ1n) is 10.3. The van der Waals surface area contributed by atoms with Crippen LogP contribution in [0, 0.1) is 5.82 Å². The first-order chi connectivity index (χ1) is 15.1. The Kier molecular flexibility index (Phi) is 4.85. The van der Waals surface area contributed by atoms with Crippen LogP contribution in [0.4, 0.5) is 15.9 Å². The largest absolute Gasteiger partial charge is 0.353 e.